The van der Waals surface area contributed by atoms with E-state index in [0.717, 1.165) is 30.5 Å². The topological polar surface area (TPSA) is 28.0 Å². The van der Waals surface area contributed by atoms with E-state index in [2.05, 4.69) is 125 Å². The molecule has 2 aromatic rings. The van der Waals surface area contributed by atoms with Crippen molar-refractivity contribution in [1.29, 1.82) is 0 Å². The third-order valence-corrected chi connectivity index (χ3v) is 6.85. The summed E-state index contributed by atoms with van der Waals surface area (Å²) in [5.41, 5.74) is 9.48. The summed E-state index contributed by atoms with van der Waals surface area (Å²) < 4.78 is 0. The average Bonchev–Trinajstić information content (AvgIpc) is 2.94. The van der Waals surface area contributed by atoms with Gasteiger partial charge in [-0.1, -0.05) is 99.7 Å². The summed E-state index contributed by atoms with van der Waals surface area (Å²) in [5.74, 6) is 1.10. The minimum absolute atomic E-state index is 0.483. The quantitative estimate of drug-likeness (QED) is 0.160. The van der Waals surface area contributed by atoms with Gasteiger partial charge < -0.3 is 4.90 Å². The molecule has 0 amide bonds. The van der Waals surface area contributed by atoms with Crippen LogP contribution in [-0.2, 0) is 0 Å². The molecule has 0 fully saturated rings. The van der Waals surface area contributed by atoms with Crippen LogP contribution in [-0.4, -0.2) is 19.6 Å². The van der Waals surface area contributed by atoms with Crippen LogP contribution in [0.2, 0.25) is 0 Å². The van der Waals surface area contributed by atoms with Crippen LogP contribution in [0.3, 0.4) is 0 Å². The Morgan fingerprint density at radius 2 is 1.47 bits per heavy atom. The maximum absolute atomic E-state index is 4.62. The molecule has 200 valence electrons. The Morgan fingerprint density at radius 3 is 2.08 bits per heavy atom. The van der Waals surface area contributed by atoms with Gasteiger partial charge in [-0.3, -0.25) is 0 Å². The highest BCUT2D eigenvalue weighted by Crippen LogP contribution is 2.28. The van der Waals surface area contributed by atoms with E-state index in [-0.39, 0.29) is 0 Å². The van der Waals surface area contributed by atoms with Gasteiger partial charge in [0.1, 0.15) is 0 Å². The number of anilines is 1. The highest BCUT2D eigenvalue weighted by Gasteiger charge is 2.10. The van der Waals surface area contributed by atoms with E-state index in [4.69, 9.17) is 0 Å². The van der Waals surface area contributed by atoms with Crippen LogP contribution in [0.4, 0.5) is 5.69 Å². The van der Waals surface area contributed by atoms with Gasteiger partial charge in [-0.05, 0) is 81.5 Å². The number of rotatable bonds is 12. The summed E-state index contributed by atoms with van der Waals surface area (Å²) in [4.78, 5) is 11.0. The number of aliphatic imine (C=N–C) groups is 2. The minimum atomic E-state index is 0.483. The molecule has 38 heavy (non-hydrogen) atoms. The Kier molecular flexibility index (Phi) is 12.5. The molecular weight excluding hydrogens is 462 g/mol. The number of hydrogen-bond donors (Lipinski definition) is 0. The second kappa shape index (κ2) is 15.5. The molecule has 2 aromatic carbocycles. The first-order valence-corrected chi connectivity index (χ1v) is 13.5. The van der Waals surface area contributed by atoms with Gasteiger partial charge >= 0.3 is 0 Å². The summed E-state index contributed by atoms with van der Waals surface area (Å²) in [7, 11) is 2.14. The van der Waals surface area contributed by atoms with Crippen molar-refractivity contribution in [3.8, 4) is 0 Å². The number of amidine groups is 1. The molecule has 0 aliphatic carbocycles. The van der Waals surface area contributed by atoms with Crippen molar-refractivity contribution in [3.05, 3.63) is 125 Å². The minimum Gasteiger partial charge on any atom is -0.348 e. The molecule has 0 atom stereocenters. The monoisotopic (exact) mass is 507 g/mol. The van der Waals surface area contributed by atoms with Crippen LogP contribution in [0.25, 0.3) is 0 Å². The maximum atomic E-state index is 4.62. The molecule has 0 radical (unpaired) electrons. The number of allylic oxidation sites excluding steroid dienone is 9. The highest BCUT2D eigenvalue weighted by molar-refractivity contribution is 6.01. The van der Waals surface area contributed by atoms with Gasteiger partial charge in [-0.25, -0.2) is 9.98 Å². The van der Waals surface area contributed by atoms with Crippen molar-refractivity contribution in [3.63, 3.8) is 0 Å². The maximum Gasteiger partial charge on any atom is 0.158 e. The molecule has 3 heteroatoms. The predicted octanol–water partition coefficient (Wildman–Crippen LogP) is 9.82. The van der Waals surface area contributed by atoms with Crippen molar-refractivity contribution in [2.75, 3.05) is 11.9 Å². The van der Waals surface area contributed by atoms with Gasteiger partial charge in [0.2, 0.25) is 0 Å². The van der Waals surface area contributed by atoms with E-state index in [1.807, 2.05) is 30.3 Å². The zero-order valence-electron chi connectivity index (χ0n) is 24.5. The summed E-state index contributed by atoms with van der Waals surface area (Å²) in [5, 5.41) is 0. The second-order valence-electron chi connectivity index (χ2n) is 9.98. The fourth-order valence-corrected chi connectivity index (χ4v) is 4.00. The van der Waals surface area contributed by atoms with Crippen LogP contribution >= 0.6 is 0 Å². The Balaban J connectivity index is 2.07. The lowest BCUT2D eigenvalue weighted by Gasteiger charge is -2.24. The molecule has 0 N–H and O–H groups in total. The largest absolute Gasteiger partial charge is 0.348 e. The number of nitrogens with zero attached hydrogens (tertiary/aromatic N) is 3. The molecular formula is C35H45N3. The third kappa shape index (κ3) is 9.30. The van der Waals surface area contributed by atoms with Crippen molar-refractivity contribution < 1.29 is 0 Å². The van der Waals surface area contributed by atoms with Gasteiger partial charge in [0.05, 0.1) is 0 Å². The molecule has 0 unspecified atom stereocenters. The van der Waals surface area contributed by atoms with Gasteiger partial charge in [-0.15, -0.1) is 0 Å². The average molecular weight is 508 g/mol. The van der Waals surface area contributed by atoms with E-state index in [1.165, 1.54) is 33.7 Å². The molecule has 0 spiro atoms. The summed E-state index contributed by atoms with van der Waals surface area (Å²) >= 11 is 0. The van der Waals surface area contributed by atoms with Crippen LogP contribution < -0.4 is 4.90 Å². The first-order valence-electron chi connectivity index (χ1n) is 13.5. The number of hydrogen-bond acceptors (Lipinski definition) is 2. The van der Waals surface area contributed by atoms with Crippen molar-refractivity contribution >= 4 is 18.2 Å². The zero-order valence-corrected chi connectivity index (χ0v) is 24.5. The van der Waals surface area contributed by atoms with Gasteiger partial charge in [0.25, 0.3) is 0 Å². The van der Waals surface area contributed by atoms with Crippen molar-refractivity contribution in [1.82, 2.24) is 0 Å². The Hall–Kier alpha value is -3.72. The van der Waals surface area contributed by atoms with Crippen molar-refractivity contribution in [2.24, 2.45) is 9.98 Å². The van der Waals surface area contributed by atoms with E-state index in [0.29, 0.717) is 11.8 Å². The molecule has 0 saturated carbocycles. The summed E-state index contributed by atoms with van der Waals surface area (Å²) in [6, 6.07) is 18.5. The molecule has 0 heterocycles. The molecule has 3 nitrogen and oxygen atoms in total. The fraction of sp³-hybridized carbons (Fsp3) is 0.314. The van der Waals surface area contributed by atoms with E-state index in [1.54, 1.807) is 0 Å². The van der Waals surface area contributed by atoms with E-state index in [9.17, 15) is 0 Å². The predicted molar refractivity (Wildman–Crippen MR) is 169 cm³/mol. The Morgan fingerprint density at radius 1 is 0.868 bits per heavy atom. The zero-order chi connectivity index (χ0) is 28.1. The fourth-order valence-electron chi connectivity index (χ4n) is 4.00. The van der Waals surface area contributed by atoms with Crippen LogP contribution in [0.15, 0.2) is 124 Å². The van der Waals surface area contributed by atoms with E-state index < -0.39 is 0 Å². The third-order valence-electron chi connectivity index (χ3n) is 6.85. The highest BCUT2D eigenvalue weighted by atomic mass is 15.1. The number of benzene rings is 2. The summed E-state index contributed by atoms with van der Waals surface area (Å²) in [6.07, 6.45) is 11.6. The lowest BCUT2D eigenvalue weighted by Crippen LogP contribution is -2.16. The lowest BCUT2D eigenvalue weighted by atomic mass is 10.0. The molecule has 0 aromatic heterocycles. The van der Waals surface area contributed by atoms with Crippen LogP contribution in [0.5, 0.6) is 0 Å². The van der Waals surface area contributed by atoms with Gasteiger partial charge in [0.15, 0.2) is 5.84 Å². The first-order chi connectivity index (χ1) is 18.2. The Labute approximate surface area is 231 Å². The standard InChI is InChI=1S/C35H45N3/c1-10-31(25-22-29(6)37-35(36-8)32-16-12-11-13-17-32)24-21-28(5)27(4)20-23-30(7)38(9)34-19-15-14-18-33(34)26(2)3/h11-21,23-24,26H,6,8,10,22,25H2,1-5,7,9H3/b27-20+,28-21+,30-23+,31-24+,37-35?. The van der Waals surface area contributed by atoms with Gasteiger partial charge in [0, 0.05) is 29.7 Å². The smallest absolute Gasteiger partial charge is 0.158 e. The van der Waals surface area contributed by atoms with Crippen LogP contribution in [0.1, 0.15) is 77.8 Å². The molecule has 2 rings (SSSR count). The van der Waals surface area contributed by atoms with E-state index >= 15 is 0 Å². The van der Waals surface area contributed by atoms with Crippen molar-refractivity contribution in [2.45, 2.75) is 66.7 Å². The SMILES string of the molecule is C=NC(=NC(=C)CC/C(=C/C=C(C)/C(C)=C/C=C(\C)N(C)c1ccccc1C(C)C)CC)c1ccccc1. The molecule has 0 aliphatic heterocycles. The van der Waals surface area contributed by atoms with Crippen LogP contribution in [0, 0.1) is 0 Å². The normalized spacial score (nSPS) is 13.6. The molecule has 0 saturated heterocycles. The Bertz CT molecular complexity index is 1240. The summed E-state index contributed by atoms with van der Waals surface area (Å²) in [6.45, 7) is 21.0. The molecule has 0 aliphatic rings. The lowest BCUT2D eigenvalue weighted by molar-refractivity contribution is 0.858. The first kappa shape index (κ1) is 30.5. The van der Waals surface area contributed by atoms with Gasteiger partial charge in [-0.2, -0.15) is 0 Å². The molecule has 0 bridgehead atoms. The second-order valence-corrected chi connectivity index (χ2v) is 9.98. The number of para-hydroxylation sites is 1.